The molecule has 31 heavy (non-hydrogen) atoms. The van der Waals surface area contributed by atoms with Crippen LogP contribution in [0.25, 0.3) is 0 Å². The lowest BCUT2D eigenvalue weighted by Crippen LogP contribution is -2.58. The summed E-state index contributed by atoms with van der Waals surface area (Å²) >= 11 is 0. The minimum Gasteiger partial charge on any atom is -0.480 e. The number of rotatable bonds is 6. The lowest BCUT2D eigenvalue weighted by atomic mass is 9.89. The minimum atomic E-state index is -0.967. The number of piperazine rings is 1. The van der Waals surface area contributed by atoms with E-state index in [1.54, 1.807) is 4.90 Å². The van der Waals surface area contributed by atoms with Crippen LogP contribution in [0.2, 0.25) is 0 Å². The van der Waals surface area contributed by atoms with Gasteiger partial charge in [0, 0.05) is 26.2 Å². The summed E-state index contributed by atoms with van der Waals surface area (Å²) in [5.74, 6) is -1.65. The van der Waals surface area contributed by atoms with Crippen molar-refractivity contribution in [3.05, 3.63) is 108 Å². The van der Waals surface area contributed by atoms with Gasteiger partial charge in [-0.3, -0.25) is 9.69 Å². The highest BCUT2D eigenvalue weighted by molar-refractivity contribution is 5.91. The largest absolute Gasteiger partial charge is 0.480 e. The highest BCUT2D eigenvalue weighted by atomic mass is 16.4. The van der Waals surface area contributed by atoms with E-state index in [0.717, 1.165) is 16.7 Å². The number of carbonyl (C=O) groups excluding carboxylic acids is 1. The van der Waals surface area contributed by atoms with Crippen LogP contribution < -0.4 is 0 Å². The first-order valence-electron chi connectivity index (χ1n) is 10.5. The molecule has 0 bridgehead atoms. The Morgan fingerprint density at radius 3 is 1.84 bits per heavy atom. The fraction of sp³-hybridized carbons (Fsp3) is 0.231. The van der Waals surface area contributed by atoms with Crippen LogP contribution in [0.5, 0.6) is 0 Å². The molecule has 0 spiro atoms. The number of nitrogens with zero attached hydrogens (tertiary/aromatic N) is 2. The molecule has 5 heteroatoms. The molecule has 1 heterocycles. The highest BCUT2D eigenvalue weighted by Crippen LogP contribution is 2.29. The van der Waals surface area contributed by atoms with E-state index >= 15 is 0 Å². The van der Waals surface area contributed by atoms with Gasteiger partial charge in [-0.2, -0.15) is 0 Å². The molecule has 3 aromatic carbocycles. The Hall–Kier alpha value is -3.44. The molecule has 1 saturated heterocycles. The molecule has 3 aromatic rings. The SMILES string of the molecule is O=C(O)[C@@H]1CN(Cc2ccccc2)CCN1C(=O)C(c1ccccc1)c1ccccc1. The molecule has 0 saturated carbocycles. The van der Waals surface area contributed by atoms with E-state index in [4.69, 9.17) is 0 Å². The molecular weight excluding hydrogens is 388 g/mol. The maximum absolute atomic E-state index is 13.7. The predicted octanol–water partition coefficient (Wildman–Crippen LogP) is 3.62. The maximum atomic E-state index is 13.7. The van der Waals surface area contributed by atoms with Gasteiger partial charge in [-0.1, -0.05) is 91.0 Å². The summed E-state index contributed by atoms with van der Waals surface area (Å²) in [5, 5.41) is 9.94. The number of carbonyl (C=O) groups is 2. The molecule has 1 aliphatic rings. The number of aliphatic carboxylic acids is 1. The van der Waals surface area contributed by atoms with Crippen molar-refractivity contribution < 1.29 is 14.7 Å². The van der Waals surface area contributed by atoms with E-state index < -0.39 is 17.9 Å². The van der Waals surface area contributed by atoms with E-state index in [-0.39, 0.29) is 5.91 Å². The van der Waals surface area contributed by atoms with Gasteiger partial charge in [0.1, 0.15) is 6.04 Å². The molecule has 0 aliphatic carbocycles. The first kappa shape index (κ1) is 20.8. The van der Waals surface area contributed by atoms with Crippen LogP contribution in [-0.4, -0.2) is 52.5 Å². The molecule has 0 unspecified atom stereocenters. The van der Waals surface area contributed by atoms with Gasteiger partial charge in [-0.05, 0) is 16.7 Å². The number of hydrogen-bond donors (Lipinski definition) is 1. The number of carboxylic acids is 1. The van der Waals surface area contributed by atoms with Gasteiger partial charge in [-0.25, -0.2) is 4.79 Å². The summed E-state index contributed by atoms with van der Waals surface area (Å²) in [4.78, 5) is 29.5. The normalized spacial score (nSPS) is 16.9. The van der Waals surface area contributed by atoms with Gasteiger partial charge < -0.3 is 10.0 Å². The smallest absolute Gasteiger partial charge is 0.327 e. The van der Waals surface area contributed by atoms with E-state index in [1.807, 2.05) is 91.0 Å². The first-order valence-corrected chi connectivity index (χ1v) is 10.5. The molecule has 1 N–H and O–H groups in total. The molecule has 5 nitrogen and oxygen atoms in total. The van der Waals surface area contributed by atoms with Crippen LogP contribution in [0.15, 0.2) is 91.0 Å². The third-order valence-corrected chi connectivity index (χ3v) is 5.79. The summed E-state index contributed by atoms with van der Waals surface area (Å²) in [5.41, 5.74) is 2.88. The minimum absolute atomic E-state index is 0.163. The van der Waals surface area contributed by atoms with Gasteiger partial charge in [-0.15, -0.1) is 0 Å². The van der Waals surface area contributed by atoms with Gasteiger partial charge in [0.2, 0.25) is 5.91 Å². The lowest BCUT2D eigenvalue weighted by molar-refractivity contribution is -0.154. The van der Waals surface area contributed by atoms with Crippen molar-refractivity contribution in [3.8, 4) is 0 Å². The van der Waals surface area contributed by atoms with Crippen molar-refractivity contribution in [1.82, 2.24) is 9.80 Å². The van der Waals surface area contributed by atoms with Gasteiger partial charge in [0.05, 0.1) is 5.92 Å². The van der Waals surface area contributed by atoms with Crippen LogP contribution in [0.1, 0.15) is 22.6 Å². The standard InChI is InChI=1S/C26H26N2O3/c29-25(24(21-12-6-2-7-13-21)22-14-8-3-9-15-22)28-17-16-27(19-23(28)26(30)31)18-20-10-4-1-5-11-20/h1-15,23-24H,16-19H2,(H,30,31)/t23-/m0/s1. The van der Waals surface area contributed by atoms with Crippen molar-refractivity contribution in [1.29, 1.82) is 0 Å². The fourth-order valence-electron chi connectivity index (χ4n) is 4.23. The molecule has 1 amide bonds. The summed E-state index contributed by atoms with van der Waals surface area (Å²) in [6.45, 7) is 2.01. The summed E-state index contributed by atoms with van der Waals surface area (Å²) < 4.78 is 0. The van der Waals surface area contributed by atoms with Crippen molar-refractivity contribution >= 4 is 11.9 Å². The van der Waals surface area contributed by atoms with Gasteiger partial charge in [0.25, 0.3) is 0 Å². The highest BCUT2D eigenvalue weighted by Gasteiger charge is 2.38. The van der Waals surface area contributed by atoms with Crippen LogP contribution in [0.3, 0.4) is 0 Å². The Morgan fingerprint density at radius 2 is 1.32 bits per heavy atom. The van der Waals surface area contributed by atoms with Crippen molar-refractivity contribution in [2.75, 3.05) is 19.6 Å². The van der Waals surface area contributed by atoms with Gasteiger partial charge >= 0.3 is 5.97 Å². The zero-order valence-electron chi connectivity index (χ0n) is 17.3. The maximum Gasteiger partial charge on any atom is 0.327 e. The Morgan fingerprint density at radius 1 is 0.806 bits per heavy atom. The van der Waals surface area contributed by atoms with Crippen LogP contribution in [0, 0.1) is 0 Å². The first-order chi connectivity index (χ1) is 15.1. The average molecular weight is 415 g/mol. The third-order valence-electron chi connectivity index (χ3n) is 5.79. The second kappa shape index (κ2) is 9.58. The third kappa shape index (κ3) is 4.84. The van der Waals surface area contributed by atoms with Crippen molar-refractivity contribution in [2.45, 2.75) is 18.5 Å². The number of hydrogen-bond acceptors (Lipinski definition) is 3. The van der Waals surface area contributed by atoms with E-state index in [1.165, 1.54) is 0 Å². The number of amides is 1. The molecule has 1 fully saturated rings. The van der Waals surface area contributed by atoms with Crippen molar-refractivity contribution in [3.63, 3.8) is 0 Å². The molecule has 1 atom stereocenters. The van der Waals surface area contributed by atoms with Crippen molar-refractivity contribution in [2.24, 2.45) is 0 Å². The number of benzene rings is 3. The van der Waals surface area contributed by atoms with Crippen LogP contribution in [0.4, 0.5) is 0 Å². The summed E-state index contributed by atoms with van der Waals surface area (Å²) in [6.07, 6.45) is 0. The monoisotopic (exact) mass is 414 g/mol. The topological polar surface area (TPSA) is 60.9 Å². The molecule has 1 aliphatic heterocycles. The Kier molecular flexibility index (Phi) is 6.43. The second-order valence-electron chi connectivity index (χ2n) is 7.86. The Balaban J connectivity index is 1.59. The van der Waals surface area contributed by atoms with Gasteiger partial charge in [0.15, 0.2) is 0 Å². The van der Waals surface area contributed by atoms with Crippen LogP contribution in [-0.2, 0) is 16.1 Å². The van der Waals surface area contributed by atoms with E-state index in [0.29, 0.717) is 26.2 Å². The van der Waals surface area contributed by atoms with Crippen LogP contribution >= 0.6 is 0 Å². The zero-order chi connectivity index (χ0) is 21.6. The summed E-state index contributed by atoms with van der Waals surface area (Å²) in [7, 11) is 0. The molecular formula is C26H26N2O3. The second-order valence-corrected chi connectivity index (χ2v) is 7.86. The molecule has 0 aromatic heterocycles. The lowest BCUT2D eigenvalue weighted by Gasteiger charge is -2.41. The summed E-state index contributed by atoms with van der Waals surface area (Å²) in [6, 6.07) is 28.3. The van der Waals surface area contributed by atoms with E-state index in [2.05, 4.69) is 4.90 Å². The zero-order valence-corrected chi connectivity index (χ0v) is 17.3. The molecule has 158 valence electrons. The quantitative estimate of drug-likeness (QED) is 0.669. The Labute approximate surface area is 182 Å². The average Bonchev–Trinajstić information content (AvgIpc) is 2.81. The number of carboxylic acid groups (broad SMARTS) is 1. The Bertz CT molecular complexity index is 969. The predicted molar refractivity (Wildman–Crippen MR) is 120 cm³/mol. The molecule has 4 rings (SSSR count). The fourth-order valence-corrected chi connectivity index (χ4v) is 4.23. The molecule has 0 radical (unpaired) electrons. The van der Waals surface area contributed by atoms with E-state index in [9.17, 15) is 14.7 Å².